The van der Waals surface area contributed by atoms with Crippen LogP contribution >= 0.6 is 11.8 Å². The number of ether oxygens (including phenoxy) is 3. The van der Waals surface area contributed by atoms with Gasteiger partial charge in [0.15, 0.2) is 0 Å². The standard InChI is InChI=1S/C29H22O5S/c1-32-18-14-12-17(13-15-18)25-26(29(31)34-3)23(28(30)33-2)16-22-20-9-5-4-8-19(20)21-10-6-7-11-24(21)35-27(22)25/h4-16H,1-3H3. The summed E-state index contributed by atoms with van der Waals surface area (Å²) in [6.07, 6.45) is 0. The van der Waals surface area contributed by atoms with Gasteiger partial charge < -0.3 is 14.2 Å². The molecule has 0 atom stereocenters. The molecule has 0 aromatic heterocycles. The molecule has 1 heterocycles. The van der Waals surface area contributed by atoms with E-state index in [2.05, 4.69) is 18.2 Å². The van der Waals surface area contributed by atoms with Crippen LogP contribution in [0.1, 0.15) is 20.7 Å². The van der Waals surface area contributed by atoms with E-state index in [9.17, 15) is 9.59 Å². The molecule has 6 heteroatoms. The lowest BCUT2D eigenvalue weighted by atomic mass is 9.87. The molecule has 0 unspecified atom stereocenters. The summed E-state index contributed by atoms with van der Waals surface area (Å²) in [6.45, 7) is 0. The van der Waals surface area contributed by atoms with E-state index in [1.807, 2.05) is 54.6 Å². The number of benzene rings is 4. The summed E-state index contributed by atoms with van der Waals surface area (Å²) < 4.78 is 15.6. The highest BCUT2D eigenvalue weighted by molar-refractivity contribution is 7.99. The fourth-order valence-electron chi connectivity index (χ4n) is 4.43. The van der Waals surface area contributed by atoms with Crippen molar-refractivity contribution in [2.24, 2.45) is 0 Å². The predicted octanol–water partition coefficient (Wildman–Crippen LogP) is 6.73. The first kappa shape index (κ1) is 22.7. The highest BCUT2D eigenvalue weighted by atomic mass is 32.2. The highest BCUT2D eigenvalue weighted by Crippen LogP contribution is 2.52. The van der Waals surface area contributed by atoms with E-state index in [0.717, 1.165) is 37.6 Å². The van der Waals surface area contributed by atoms with Crippen molar-refractivity contribution in [3.8, 4) is 39.1 Å². The lowest BCUT2D eigenvalue weighted by Gasteiger charge is -2.20. The predicted molar refractivity (Wildman–Crippen MR) is 136 cm³/mol. The van der Waals surface area contributed by atoms with Gasteiger partial charge in [-0.05, 0) is 52.1 Å². The third kappa shape index (κ3) is 3.86. The first-order valence-electron chi connectivity index (χ1n) is 11.0. The second-order valence-corrected chi connectivity index (χ2v) is 8.96. The summed E-state index contributed by atoms with van der Waals surface area (Å²) in [6, 6.07) is 25.4. The number of hydrogen-bond acceptors (Lipinski definition) is 6. The molecule has 0 bridgehead atoms. The van der Waals surface area contributed by atoms with Crippen molar-refractivity contribution in [1.82, 2.24) is 0 Å². The molecular formula is C29H22O5S. The second-order valence-electron chi connectivity index (χ2n) is 7.91. The van der Waals surface area contributed by atoms with Gasteiger partial charge in [0.2, 0.25) is 0 Å². The molecule has 0 radical (unpaired) electrons. The van der Waals surface area contributed by atoms with Gasteiger partial charge in [-0.25, -0.2) is 9.59 Å². The van der Waals surface area contributed by atoms with Crippen LogP contribution in [0, 0.1) is 0 Å². The fraction of sp³-hybridized carbons (Fsp3) is 0.103. The average molecular weight is 483 g/mol. The first-order valence-corrected chi connectivity index (χ1v) is 11.8. The fourth-order valence-corrected chi connectivity index (χ4v) is 5.69. The molecule has 0 aliphatic carbocycles. The van der Waals surface area contributed by atoms with E-state index < -0.39 is 11.9 Å². The normalized spacial score (nSPS) is 11.4. The molecule has 5 nitrogen and oxygen atoms in total. The average Bonchev–Trinajstić information content (AvgIpc) is 3.05. The Kier molecular flexibility index (Phi) is 6.05. The van der Waals surface area contributed by atoms with Crippen LogP contribution in [-0.2, 0) is 9.47 Å². The third-order valence-corrected chi connectivity index (χ3v) is 7.26. The van der Waals surface area contributed by atoms with Gasteiger partial charge in [0.1, 0.15) is 5.75 Å². The summed E-state index contributed by atoms with van der Waals surface area (Å²) in [5.74, 6) is -0.524. The number of carbonyl (C=O) groups excluding carboxylic acids is 2. The Morgan fingerprint density at radius 1 is 0.686 bits per heavy atom. The Morgan fingerprint density at radius 2 is 1.29 bits per heavy atom. The molecule has 0 saturated heterocycles. The smallest absolute Gasteiger partial charge is 0.339 e. The summed E-state index contributed by atoms with van der Waals surface area (Å²) in [7, 11) is 4.22. The Hall–Kier alpha value is -4.03. The number of rotatable bonds is 4. The van der Waals surface area contributed by atoms with E-state index in [1.165, 1.54) is 14.2 Å². The van der Waals surface area contributed by atoms with E-state index in [4.69, 9.17) is 14.2 Å². The highest BCUT2D eigenvalue weighted by Gasteiger charge is 2.31. The van der Waals surface area contributed by atoms with Crippen LogP contribution in [0.25, 0.3) is 33.4 Å². The van der Waals surface area contributed by atoms with Crippen molar-refractivity contribution in [3.05, 3.63) is 90.0 Å². The molecule has 35 heavy (non-hydrogen) atoms. The summed E-state index contributed by atoms with van der Waals surface area (Å²) in [5, 5.41) is 0. The molecule has 4 aromatic carbocycles. The SMILES string of the molecule is COC(=O)c1cc2c(c(-c3ccc(OC)cc3)c1C(=O)OC)Sc1ccccc1-c1ccccc1-2. The molecule has 0 fully saturated rings. The molecule has 0 amide bonds. The quantitative estimate of drug-likeness (QED) is 0.265. The van der Waals surface area contributed by atoms with Gasteiger partial charge in [-0.2, -0.15) is 0 Å². The number of methoxy groups -OCH3 is 3. The lowest BCUT2D eigenvalue weighted by molar-refractivity contribution is 0.0555. The van der Waals surface area contributed by atoms with E-state index in [1.54, 1.807) is 24.9 Å². The van der Waals surface area contributed by atoms with Crippen molar-refractivity contribution in [2.45, 2.75) is 9.79 Å². The van der Waals surface area contributed by atoms with Crippen LogP contribution in [-0.4, -0.2) is 33.3 Å². The monoisotopic (exact) mass is 482 g/mol. The number of fused-ring (bicyclic) bond motifs is 5. The van der Waals surface area contributed by atoms with E-state index in [0.29, 0.717) is 11.3 Å². The van der Waals surface area contributed by atoms with Gasteiger partial charge >= 0.3 is 11.9 Å². The van der Waals surface area contributed by atoms with Crippen LogP contribution in [0.5, 0.6) is 5.75 Å². The summed E-state index contributed by atoms with van der Waals surface area (Å²) in [5.41, 5.74) is 5.67. The van der Waals surface area contributed by atoms with Crippen molar-refractivity contribution in [2.75, 3.05) is 21.3 Å². The minimum atomic E-state index is -0.606. The zero-order valence-corrected chi connectivity index (χ0v) is 20.3. The van der Waals surface area contributed by atoms with Gasteiger partial charge in [0.05, 0.1) is 32.5 Å². The summed E-state index contributed by atoms with van der Waals surface area (Å²) in [4.78, 5) is 28.1. The largest absolute Gasteiger partial charge is 0.497 e. The van der Waals surface area contributed by atoms with Crippen LogP contribution in [0.3, 0.4) is 0 Å². The molecule has 1 aliphatic rings. The van der Waals surface area contributed by atoms with Crippen molar-refractivity contribution < 1.29 is 23.8 Å². The van der Waals surface area contributed by atoms with E-state index >= 15 is 0 Å². The van der Waals surface area contributed by atoms with Gasteiger partial charge in [0, 0.05) is 15.4 Å². The second kappa shape index (κ2) is 9.31. The van der Waals surface area contributed by atoms with Crippen molar-refractivity contribution in [1.29, 1.82) is 0 Å². The molecule has 1 aliphatic heterocycles. The first-order chi connectivity index (χ1) is 17.1. The Balaban J connectivity index is 1.95. The third-order valence-electron chi connectivity index (χ3n) is 6.06. The molecule has 0 saturated carbocycles. The van der Waals surface area contributed by atoms with Crippen LogP contribution < -0.4 is 4.74 Å². The van der Waals surface area contributed by atoms with Crippen molar-refractivity contribution in [3.63, 3.8) is 0 Å². The van der Waals surface area contributed by atoms with Gasteiger partial charge in [-0.3, -0.25) is 0 Å². The number of carbonyl (C=O) groups is 2. The minimum absolute atomic E-state index is 0.158. The maximum atomic E-state index is 13.2. The number of hydrogen-bond donors (Lipinski definition) is 0. The lowest BCUT2D eigenvalue weighted by Crippen LogP contribution is -2.15. The van der Waals surface area contributed by atoms with Crippen LogP contribution in [0.15, 0.2) is 88.7 Å². The summed E-state index contributed by atoms with van der Waals surface area (Å²) >= 11 is 1.57. The molecule has 0 N–H and O–H groups in total. The van der Waals surface area contributed by atoms with Gasteiger partial charge in [-0.15, -0.1) is 0 Å². The van der Waals surface area contributed by atoms with Crippen LogP contribution in [0.2, 0.25) is 0 Å². The topological polar surface area (TPSA) is 61.8 Å². The Labute approximate surface area is 207 Å². The molecule has 4 aromatic rings. The van der Waals surface area contributed by atoms with Crippen LogP contribution in [0.4, 0.5) is 0 Å². The maximum Gasteiger partial charge on any atom is 0.339 e. The van der Waals surface area contributed by atoms with Gasteiger partial charge in [0.25, 0.3) is 0 Å². The number of esters is 2. The molecular weight excluding hydrogens is 460 g/mol. The molecule has 0 spiro atoms. The zero-order chi connectivity index (χ0) is 24.5. The maximum absolute atomic E-state index is 13.2. The Bertz CT molecular complexity index is 1460. The van der Waals surface area contributed by atoms with Gasteiger partial charge in [-0.1, -0.05) is 66.4 Å². The minimum Gasteiger partial charge on any atom is -0.497 e. The molecule has 5 rings (SSSR count). The zero-order valence-electron chi connectivity index (χ0n) is 19.5. The van der Waals surface area contributed by atoms with E-state index in [-0.39, 0.29) is 11.1 Å². The Morgan fingerprint density at radius 3 is 1.91 bits per heavy atom. The van der Waals surface area contributed by atoms with Crippen molar-refractivity contribution >= 4 is 23.7 Å². The molecule has 174 valence electrons.